The van der Waals surface area contributed by atoms with Gasteiger partial charge in [0.1, 0.15) is 0 Å². The topological polar surface area (TPSA) is 21.3 Å². The first-order valence-corrected chi connectivity index (χ1v) is 7.07. The van der Waals surface area contributed by atoms with E-state index in [0.29, 0.717) is 12.1 Å². The van der Waals surface area contributed by atoms with E-state index in [1.165, 1.54) is 12.0 Å². The molecule has 0 saturated carbocycles. The zero-order valence-electron chi connectivity index (χ0n) is 12.0. The van der Waals surface area contributed by atoms with Crippen LogP contribution in [0.25, 0.3) is 0 Å². The van der Waals surface area contributed by atoms with Crippen LogP contribution in [0.1, 0.15) is 39.2 Å². The average Bonchev–Trinajstić information content (AvgIpc) is 2.34. The Morgan fingerprint density at radius 1 is 1.06 bits per heavy atom. The normalized spacial score (nSPS) is 12.9. The molecule has 0 fully saturated rings. The van der Waals surface area contributed by atoms with Gasteiger partial charge in [0.25, 0.3) is 0 Å². The minimum absolute atomic E-state index is 0.356. The van der Waals surface area contributed by atoms with Gasteiger partial charge in [-0.05, 0) is 52.1 Å². The second-order valence-electron chi connectivity index (χ2n) is 5.17. The van der Waals surface area contributed by atoms with E-state index in [2.05, 4.69) is 56.4 Å². The minimum atomic E-state index is 0.356. The highest BCUT2D eigenvalue weighted by molar-refractivity contribution is 5.15. The highest BCUT2D eigenvalue weighted by atomic mass is 16.5. The fourth-order valence-corrected chi connectivity index (χ4v) is 1.93. The Kier molecular flexibility index (Phi) is 7.70. The van der Waals surface area contributed by atoms with E-state index in [-0.39, 0.29) is 0 Å². The van der Waals surface area contributed by atoms with Gasteiger partial charge in [-0.15, -0.1) is 0 Å². The van der Waals surface area contributed by atoms with Crippen LogP contribution in [-0.4, -0.2) is 25.3 Å². The highest BCUT2D eigenvalue weighted by Gasteiger charge is 2.02. The molecule has 0 bridgehead atoms. The maximum absolute atomic E-state index is 5.52. The van der Waals surface area contributed by atoms with E-state index in [4.69, 9.17) is 4.74 Å². The molecule has 2 heteroatoms. The van der Waals surface area contributed by atoms with Crippen LogP contribution in [0.15, 0.2) is 30.3 Å². The maximum Gasteiger partial charge on any atom is 0.0518 e. The van der Waals surface area contributed by atoms with Crippen molar-refractivity contribution in [1.29, 1.82) is 0 Å². The molecule has 1 unspecified atom stereocenters. The monoisotopic (exact) mass is 249 g/mol. The van der Waals surface area contributed by atoms with Crippen molar-refractivity contribution < 1.29 is 4.74 Å². The molecule has 18 heavy (non-hydrogen) atoms. The van der Waals surface area contributed by atoms with Crippen molar-refractivity contribution in [2.45, 2.75) is 52.2 Å². The summed E-state index contributed by atoms with van der Waals surface area (Å²) < 4.78 is 5.52. The third kappa shape index (κ3) is 7.46. The van der Waals surface area contributed by atoms with Crippen LogP contribution in [0.4, 0.5) is 0 Å². The standard InChI is InChI=1S/C16H27NO/c1-14(2)18-12-8-7-11-17-15(3)13-16-9-5-4-6-10-16/h4-6,9-10,14-15,17H,7-8,11-13H2,1-3H3. The van der Waals surface area contributed by atoms with Crippen LogP contribution in [0, 0.1) is 0 Å². The van der Waals surface area contributed by atoms with Gasteiger partial charge in [-0.25, -0.2) is 0 Å². The van der Waals surface area contributed by atoms with Crippen molar-refractivity contribution in [3.63, 3.8) is 0 Å². The Morgan fingerprint density at radius 3 is 2.44 bits per heavy atom. The molecule has 0 aliphatic carbocycles. The molecule has 0 aromatic heterocycles. The van der Waals surface area contributed by atoms with Crippen molar-refractivity contribution in [3.05, 3.63) is 35.9 Å². The van der Waals surface area contributed by atoms with Crippen molar-refractivity contribution in [2.24, 2.45) is 0 Å². The molecule has 0 heterocycles. The highest BCUT2D eigenvalue weighted by Crippen LogP contribution is 2.03. The number of unbranched alkanes of at least 4 members (excludes halogenated alkanes) is 1. The van der Waals surface area contributed by atoms with Gasteiger partial charge in [0.05, 0.1) is 6.10 Å². The summed E-state index contributed by atoms with van der Waals surface area (Å²) >= 11 is 0. The Hall–Kier alpha value is -0.860. The van der Waals surface area contributed by atoms with Crippen LogP contribution in [-0.2, 0) is 11.2 Å². The predicted molar refractivity (Wildman–Crippen MR) is 77.9 cm³/mol. The van der Waals surface area contributed by atoms with Gasteiger partial charge in [-0.1, -0.05) is 30.3 Å². The fraction of sp³-hybridized carbons (Fsp3) is 0.625. The summed E-state index contributed by atoms with van der Waals surface area (Å²) in [4.78, 5) is 0. The zero-order chi connectivity index (χ0) is 13.2. The molecule has 0 spiro atoms. The second kappa shape index (κ2) is 9.12. The summed E-state index contributed by atoms with van der Waals surface area (Å²) in [6, 6.07) is 11.2. The Balaban J connectivity index is 2.02. The number of hydrogen-bond acceptors (Lipinski definition) is 2. The predicted octanol–water partition coefficient (Wildman–Crippen LogP) is 3.41. The van der Waals surface area contributed by atoms with Crippen LogP contribution >= 0.6 is 0 Å². The molecule has 0 amide bonds. The van der Waals surface area contributed by atoms with Gasteiger partial charge >= 0.3 is 0 Å². The van der Waals surface area contributed by atoms with Crippen molar-refractivity contribution in [2.75, 3.05) is 13.2 Å². The number of hydrogen-bond donors (Lipinski definition) is 1. The van der Waals surface area contributed by atoms with Gasteiger partial charge in [0.15, 0.2) is 0 Å². The van der Waals surface area contributed by atoms with E-state index < -0.39 is 0 Å². The summed E-state index contributed by atoms with van der Waals surface area (Å²) in [6.45, 7) is 8.37. The molecule has 102 valence electrons. The molecule has 2 nitrogen and oxygen atoms in total. The molecule has 1 aromatic carbocycles. The first-order valence-electron chi connectivity index (χ1n) is 7.07. The largest absolute Gasteiger partial charge is 0.379 e. The summed E-state index contributed by atoms with van der Waals surface area (Å²) in [5, 5.41) is 3.56. The van der Waals surface area contributed by atoms with Gasteiger partial charge in [-0.2, -0.15) is 0 Å². The lowest BCUT2D eigenvalue weighted by Crippen LogP contribution is -2.29. The first-order chi connectivity index (χ1) is 8.68. The quantitative estimate of drug-likeness (QED) is 0.677. The van der Waals surface area contributed by atoms with Gasteiger partial charge in [-0.3, -0.25) is 0 Å². The first kappa shape index (κ1) is 15.2. The second-order valence-corrected chi connectivity index (χ2v) is 5.17. The summed E-state index contributed by atoms with van der Waals surface area (Å²) in [5.41, 5.74) is 1.40. The number of rotatable bonds is 9. The molecule has 1 aromatic rings. The molecule has 0 aliphatic rings. The minimum Gasteiger partial charge on any atom is -0.379 e. The average molecular weight is 249 g/mol. The smallest absolute Gasteiger partial charge is 0.0518 e. The van der Waals surface area contributed by atoms with Crippen molar-refractivity contribution in [1.82, 2.24) is 5.32 Å². The SMILES string of the molecule is CC(Cc1ccccc1)NCCCCOC(C)C. The molecule has 0 aliphatic heterocycles. The molecule has 1 atom stereocenters. The lowest BCUT2D eigenvalue weighted by Gasteiger charge is -2.14. The maximum atomic E-state index is 5.52. The Morgan fingerprint density at radius 2 is 1.78 bits per heavy atom. The van der Waals surface area contributed by atoms with Crippen LogP contribution in [0.3, 0.4) is 0 Å². The Bertz CT molecular complexity index is 297. The molecular formula is C16H27NO. The Labute approximate surface area is 112 Å². The summed E-state index contributed by atoms with van der Waals surface area (Å²) in [6.07, 6.45) is 3.79. The van der Waals surface area contributed by atoms with Gasteiger partial charge in [0.2, 0.25) is 0 Å². The van der Waals surface area contributed by atoms with E-state index >= 15 is 0 Å². The van der Waals surface area contributed by atoms with E-state index in [1.807, 2.05) is 0 Å². The molecule has 0 saturated heterocycles. The molecular weight excluding hydrogens is 222 g/mol. The number of benzene rings is 1. The number of ether oxygens (including phenoxy) is 1. The third-order valence-electron chi connectivity index (χ3n) is 2.90. The van der Waals surface area contributed by atoms with Crippen LogP contribution in [0.2, 0.25) is 0 Å². The van der Waals surface area contributed by atoms with E-state index in [9.17, 15) is 0 Å². The van der Waals surface area contributed by atoms with Crippen LogP contribution in [0.5, 0.6) is 0 Å². The summed E-state index contributed by atoms with van der Waals surface area (Å²) in [5.74, 6) is 0. The van der Waals surface area contributed by atoms with Gasteiger partial charge < -0.3 is 10.1 Å². The van der Waals surface area contributed by atoms with Gasteiger partial charge in [0, 0.05) is 12.6 Å². The third-order valence-corrected chi connectivity index (χ3v) is 2.90. The number of nitrogens with one attached hydrogen (secondary N) is 1. The zero-order valence-corrected chi connectivity index (χ0v) is 12.0. The molecule has 1 rings (SSSR count). The fourth-order valence-electron chi connectivity index (χ4n) is 1.93. The van der Waals surface area contributed by atoms with E-state index in [0.717, 1.165) is 26.0 Å². The lowest BCUT2D eigenvalue weighted by atomic mass is 10.1. The lowest BCUT2D eigenvalue weighted by molar-refractivity contribution is 0.0759. The van der Waals surface area contributed by atoms with Crippen molar-refractivity contribution >= 4 is 0 Å². The van der Waals surface area contributed by atoms with E-state index in [1.54, 1.807) is 0 Å². The van der Waals surface area contributed by atoms with Crippen LogP contribution < -0.4 is 5.32 Å². The van der Waals surface area contributed by atoms with Crippen molar-refractivity contribution in [3.8, 4) is 0 Å². The summed E-state index contributed by atoms with van der Waals surface area (Å²) in [7, 11) is 0. The molecule has 0 radical (unpaired) electrons. The molecule has 1 N–H and O–H groups in total.